The summed E-state index contributed by atoms with van der Waals surface area (Å²) in [7, 11) is 0. The van der Waals surface area contributed by atoms with Crippen molar-refractivity contribution < 1.29 is 4.79 Å². The summed E-state index contributed by atoms with van der Waals surface area (Å²) in [6, 6.07) is 8.07. The van der Waals surface area contributed by atoms with Crippen molar-refractivity contribution in [2.75, 3.05) is 13.1 Å². The number of likely N-dealkylation sites (tertiary alicyclic amines) is 1. The Morgan fingerprint density at radius 3 is 3.00 bits per heavy atom. The van der Waals surface area contributed by atoms with E-state index in [0.717, 1.165) is 37.4 Å². The van der Waals surface area contributed by atoms with E-state index in [0.29, 0.717) is 17.7 Å². The van der Waals surface area contributed by atoms with Crippen LogP contribution in [0.5, 0.6) is 0 Å². The lowest BCUT2D eigenvalue weighted by Crippen LogP contribution is -2.45. The molecule has 1 saturated heterocycles. The van der Waals surface area contributed by atoms with E-state index in [1.165, 1.54) is 5.56 Å². The van der Waals surface area contributed by atoms with Crippen LogP contribution < -0.4 is 5.73 Å². The van der Waals surface area contributed by atoms with Crippen LogP contribution in [0, 0.1) is 11.8 Å². The van der Waals surface area contributed by atoms with Gasteiger partial charge in [-0.2, -0.15) is 0 Å². The molecule has 3 nitrogen and oxygen atoms in total. The molecule has 0 spiro atoms. The maximum absolute atomic E-state index is 12.6. The lowest BCUT2D eigenvalue weighted by atomic mass is 9.92. The summed E-state index contributed by atoms with van der Waals surface area (Å²) < 4.78 is 0. The van der Waals surface area contributed by atoms with Crippen LogP contribution in [-0.4, -0.2) is 29.9 Å². The molecule has 1 saturated carbocycles. The first kappa shape index (κ1) is 14.9. The third kappa shape index (κ3) is 3.24. The van der Waals surface area contributed by atoms with Gasteiger partial charge in [-0.15, -0.1) is 0 Å². The molecular weight excluding hydrogens is 284 g/mol. The monoisotopic (exact) mass is 306 g/mol. The molecule has 2 fully saturated rings. The molecule has 0 unspecified atom stereocenters. The van der Waals surface area contributed by atoms with E-state index < -0.39 is 0 Å². The van der Waals surface area contributed by atoms with Gasteiger partial charge in [0, 0.05) is 30.1 Å². The van der Waals surface area contributed by atoms with Crippen molar-refractivity contribution in [1.82, 2.24) is 4.90 Å². The van der Waals surface area contributed by atoms with Gasteiger partial charge < -0.3 is 10.6 Å². The van der Waals surface area contributed by atoms with E-state index in [-0.39, 0.29) is 12.0 Å². The number of nitrogens with zero attached hydrogens (tertiary/aromatic N) is 1. The van der Waals surface area contributed by atoms with E-state index in [1.807, 2.05) is 30.0 Å². The van der Waals surface area contributed by atoms with Gasteiger partial charge in [-0.3, -0.25) is 4.79 Å². The van der Waals surface area contributed by atoms with Crippen LogP contribution in [0.1, 0.15) is 37.7 Å². The number of carbonyl (C=O) groups excluding carboxylic acids is 1. The maximum atomic E-state index is 12.6. The molecular formula is C17H23ClN2O. The third-order valence-electron chi connectivity index (χ3n) is 4.90. The Morgan fingerprint density at radius 1 is 1.48 bits per heavy atom. The van der Waals surface area contributed by atoms with Gasteiger partial charge >= 0.3 is 0 Å². The van der Waals surface area contributed by atoms with E-state index in [1.54, 1.807) is 0 Å². The van der Waals surface area contributed by atoms with Crippen molar-refractivity contribution in [2.45, 2.75) is 38.1 Å². The lowest BCUT2D eigenvalue weighted by molar-refractivity contribution is -0.134. The van der Waals surface area contributed by atoms with Gasteiger partial charge in [-0.25, -0.2) is 0 Å². The Bertz CT molecular complexity index is 531. The van der Waals surface area contributed by atoms with Gasteiger partial charge in [-0.05, 0) is 55.7 Å². The van der Waals surface area contributed by atoms with Crippen molar-refractivity contribution in [3.05, 3.63) is 34.9 Å². The second-order valence-electron chi connectivity index (χ2n) is 6.55. The summed E-state index contributed by atoms with van der Waals surface area (Å²) in [5.74, 6) is 1.26. The molecule has 2 N–H and O–H groups in total. The van der Waals surface area contributed by atoms with Crippen LogP contribution in [0.4, 0.5) is 0 Å². The Kier molecular flexibility index (Phi) is 4.23. The standard InChI is InChI=1S/C17H23ClN2O/c1-11(19)13-5-3-7-20(10-13)17(21)16-9-15(16)12-4-2-6-14(18)8-12/h2,4,6,8,11,13,15-16H,3,5,7,9-10,19H2,1H3/t11-,13+,15-,16-/m0/s1. The highest BCUT2D eigenvalue weighted by atomic mass is 35.5. The van der Waals surface area contributed by atoms with Crippen LogP contribution >= 0.6 is 11.6 Å². The van der Waals surface area contributed by atoms with Gasteiger partial charge in [0.05, 0.1) is 0 Å². The molecule has 4 atom stereocenters. The number of hydrogen-bond donors (Lipinski definition) is 1. The van der Waals surface area contributed by atoms with Gasteiger partial charge in [-0.1, -0.05) is 23.7 Å². The summed E-state index contributed by atoms with van der Waals surface area (Å²) in [5, 5.41) is 0.751. The van der Waals surface area contributed by atoms with Crippen molar-refractivity contribution >= 4 is 17.5 Å². The molecule has 1 aliphatic carbocycles. The van der Waals surface area contributed by atoms with Crippen molar-refractivity contribution in [1.29, 1.82) is 0 Å². The number of benzene rings is 1. The number of hydrogen-bond acceptors (Lipinski definition) is 2. The predicted octanol–water partition coefficient (Wildman–Crippen LogP) is 3.03. The zero-order valence-electron chi connectivity index (χ0n) is 12.5. The zero-order chi connectivity index (χ0) is 15.0. The minimum atomic E-state index is 0.148. The smallest absolute Gasteiger partial charge is 0.226 e. The normalized spacial score (nSPS) is 30.0. The summed E-state index contributed by atoms with van der Waals surface area (Å²) in [5.41, 5.74) is 7.20. The summed E-state index contributed by atoms with van der Waals surface area (Å²) in [4.78, 5) is 14.7. The Balaban J connectivity index is 1.62. The number of rotatable bonds is 3. The second-order valence-corrected chi connectivity index (χ2v) is 6.99. The fraction of sp³-hybridized carbons (Fsp3) is 0.588. The largest absolute Gasteiger partial charge is 0.342 e. The Labute approximate surface area is 131 Å². The van der Waals surface area contributed by atoms with Crippen LogP contribution in [-0.2, 0) is 4.79 Å². The molecule has 2 aliphatic rings. The molecule has 1 amide bonds. The number of halogens is 1. The number of carbonyl (C=O) groups is 1. The first-order valence-electron chi connectivity index (χ1n) is 7.86. The summed E-state index contributed by atoms with van der Waals surface area (Å²) >= 11 is 6.04. The number of amides is 1. The average molecular weight is 307 g/mol. The van der Waals surface area contributed by atoms with E-state index in [4.69, 9.17) is 17.3 Å². The molecule has 1 aromatic carbocycles. The Morgan fingerprint density at radius 2 is 2.29 bits per heavy atom. The molecule has 114 valence electrons. The van der Waals surface area contributed by atoms with Crippen LogP contribution in [0.3, 0.4) is 0 Å². The first-order valence-corrected chi connectivity index (χ1v) is 8.24. The lowest BCUT2D eigenvalue weighted by Gasteiger charge is -2.34. The topological polar surface area (TPSA) is 46.3 Å². The zero-order valence-corrected chi connectivity index (χ0v) is 13.2. The molecule has 0 bridgehead atoms. The average Bonchev–Trinajstić information content (AvgIpc) is 3.27. The molecule has 0 radical (unpaired) electrons. The fourth-order valence-corrected chi connectivity index (χ4v) is 3.65. The highest BCUT2D eigenvalue weighted by Crippen LogP contribution is 2.49. The van der Waals surface area contributed by atoms with E-state index >= 15 is 0 Å². The third-order valence-corrected chi connectivity index (χ3v) is 5.13. The first-order chi connectivity index (χ1) is 10.1. The minimum Gasteiger partial charge on any atom is -0.342 e. The molecule has 3 rings (SSSR count). The van der Waals surface area contributed by atoms with Crippen molar-refractivity contribution in [3.63, 3.8) is 0 Å². The highest BCUT2D eigenvalue weighted by Gasteiger charge is 2.46. The highest BCUT2D eigenvalue weighted by molar-refractivity contribution is 6.30. The predicted molar refractivity (Wildman–Crippen MR) is 85.3 cm³/mol. The van der Waals surface area contributed by atoms with E-state index in [2.05, 4.69) is 6.07 Å². The maximum Gasteiger partial charge on any atom is 0.226 e. The van der Waals surface area contributed by atoms with Gasteiger partial charge in [0.2, 0.25) is 5.91 Å². The van der Waals surface area contributed by atoms with Gasteiger partial charge in [0.1, 0.15) is 0 Å². The number of piperidine rings is 1. The summed E-state index contributed by atoms with van der Waals surface area (Å²) in [6.45, 7) is 3.76. The molecule has 4 heteroatoms. The number of nitrogens with two attached hydrogens (primary N) is 1. The SMILES string of the molecule is C[C@H](N)[C@@H]1CCCN(C(=O)[C@H]2C[C@H]2c2cccc(Cl)c2)C1. The fourth-order valence-electron chi connectivity index (χ4n) is 3.45. The second kappa shape index (κ2) is 5.98. The van der Waals surface area contributed by atoms with Crippen LogP contribution in [0.25, 0.3) is 0 Å². The quantitative estimate of drug-likeness (QED) is 0.933. The summed E-state index contributed by atoms with van der Waals surface area (Å²) in [6.07, 6.45) is 3.18. The van der Waals surface area contributed by atoms with Crippen molar-refractivity contribution in [2.24, 2.45) is 17.6 Å². The molecule has 1 aromatic rings. The minimum absolute atomic E-state index is 0.148. The van der Waals surface area contributed by atoms with Crippen LogP contribution in [0.2, 0.25) is 5.02 Å². The van der Waals surface area contributed by atoms with E-state index in [9.17, 15) is 4.79 Å². The van der Waals surface area contributed by atoms with Crippen LogP contribution in [0.15, 0.2) is 24.3 Å². The molecule has 0 aromatic heterocycles. The van der Waals surface area contributed by atoms with Crippen molar-refractivity contribution in [3.8, 4) is 0 Å². The molecule has 21 heavy (non-hydrogen) atoms. The van der Waals surface area contributed by atoms with Gasteiger partial charge in [0.15, 0.2) is 0 Å². The molecule has 1 heterocycles. The van der Waals surface area contributed by atoms with Gasteiger partial charge in [0.25, 0.3) is 0 Å². The molecule has 1 aliphatic heterocycles. The Hall–Kier alpha value is -1.06.